The summed E-state index contributed by atoms with van der Waals surface area (Å²) in [6, 6.07) is -0.349. The van der Waals surface area contributed by atoms with Crippen molar-refractivity contribution in [2.45, 2.75) is 26.3 Å². The number of amides is 2. The summed E-state index contributed by atoms with van der Waals surface area (Å²) in [7, 11) is 0. The molecule has 0 spiro atoms. The van der Waals surface area contributed by atoms with Crippen LogP contribution in [0.25, 0.3) is 0 Å². The van der Waals surface area contributed by atoms with Gasteiger partial charge in [-0.2, -0.15) is 0 Å². The minimum atomic E-state index is -0.349. The molecule has 1 rings (SSSR count). The molecule has 12 heavy (non-hydrogen) atoms. The molecule has 1 N–H and O–H groups in total. The fourth-order valence-corrected chi connectivity index (χ4v) is 1.33. The van der Waals surface area contributed by atoms with E-state index in [0.29, 0.717) is 6.54 Å². The van der Waals surface area contributed by atoms with Gasteiger partial charge < -0.3 is 10.2 Å². The van der Waals surface area contributed by atoms with Gasteiger partial charge in [0, 0.05) is 6.54 Å². The van der Waals surface area contributed by atoms with Crippen LogP contribution in [0.3, 0.4) is 0 Å². The van der Waals surface area contributed by atoms with Gasteiger partial charge in [0.05, 0.1) is 6.54 Å². The van der Waals surface area contributed by atoms with Crippen LogP contribution < -0.4 is 5.32 Å². The zero-order chi connectivity index (χ0) is 9.14. The van der Waals surface area contributed by atoms with E-state index >= 15 is 0 Å². The zero-order valence-corrected chi connectivity index (χ0v) is 7.46. The van der Waals surface area contributed by atoms with Crippen molar-refractivity contribution in [3.63, 3.8) is 0 Å². The van der Waals surface area contributed by atoms with Crippen molar-refractivity contribution in [1.29, 1.82) is 0 Å². The Balaban J connectivity index is 2.60. The number of hydrogen-bond donors (Lipinski definition) is 1. The lowest BCUT2D eigenvalue weighted by atomic mass is 10.2. The minimum absolute atomic E-state index is 0.0245. The summed E-state index contributed by atoms with van der Waals surface area (Å²) in [6.45, 7) is 4.60. The van der Waals surface area contributed by atoms with Crippen LogP contribution in [0.15, 0.2) is 0 Å². The van der Waals surface area contributed by atoms with Gasteiger partial charge in [0.2, 0.25) is 11.8 Å². The lowest BCUT2D eigenvalue weighted by molar-refractivity contribution is -0.143. The lowest BCUT2D eigenvalue weighted by Crippen LogP contribution is -2.56. The second kappa shape index (κ2) is 3.56. The summed E-state index contributed by atoms with van der Waals surface area (Å²) in [6.07, 6.45) is 0.895. The maximum Gasteiger partial charge on any atom is 0.245 e. The van der Waals surface area contributed by atoms with Gasteiger partial charge in [0.15, 0.2) is 0 Å². The third-order valence-corrected chi connectivity index (χ3v) is 1.89. The summed E-state index contributed by atoms with van der Waals surface area (Å²) in [5.41, 5.74) is 0. The first kappa shape index (κ1) is 9.03. The molecule has 0 bridgehead atoms. The standard InChI is InChI=1S/C8H14N2O2/c1-3-4-10-5-7(11)9-6(2)8(10)12/h6H,3-5H2,1-2H3,(H,9,11). The van der Waals surface area contributed by atoms with Gasteiger partial charge >= 0.3 is 0 Å². The van der Waals surface area contributed by atoms with E-state index in [1.165, 1.54) is 0 Å². The zero-order valence-electron chi connectivity index (χ0n) is 7.46. The van der Waals surface area contributed by atoms with Crippen LogP contribution in [0.1, 0.15) is 20.3 Å². The van der Waals surface area contributed by atoms with Crippen molar-refractivity contribution >= 4 is 11.8 Å². The fraction of sp³-hybridized carbons (Fsp3) is 0.750. The van der Waals surface area contributed by atoms with Crippen molar-refractivity contribution in [1.82, 2.24) is 10.2 Å². The van der Waals surface area contributed by atoms with Gasteiger partial charge in [-0.25, -0.2) is 0 Å². The molecule has 0 aromatic carbocycles. The highest BCUT2D eigenvalue weighted by atomic mass is 16.2. The Hall–Kier alpha value is -1.06. The highest BCUT2D eigenvalue weighted by Gasteiger charge is 2.28. The molecular weight excluding hydrogens is 156 g/mol. The number of carbonyl (C=O) groups excluding carboxylic acids is 2. The Morgan fingerprint density at radius 1 is 1.58 bits per heavy atom. The van der Waals surface area contributed by atoms with Crippen LogP contribution >= 0.6 is 0 Å². The third kappa shape index (κ3) is 1.75. The Labute approximate surface area is 71.9 Å². The number of nitrogens with one attached hydrogen (secondary N) is 1. The number of rotatable bonds is 2. The van der Waals surface area contributed by atoms with Crippen molar-refractivity contribution in [2.75, 3.05) is 13.1 Å². The molecule has 1 heterocycles. The van der Waals surface area contributed by atoms with Crippen LogP contribution in [0, 0.1) is 0 Å². The van der Waals surface area contributed by atoms with E-state index in [-0.39, 0.29) is 24.4 Å². The average molecular weight is 170 g/mol. The SMILES string of the molecule is CCCN1CC(=O)NC(C)C1=O. The van der Waals surface area contributed by atoms with Crippen LogP contribution in [0.2, 0.25) is 0 Å². The van der Waals surface area contributed by atoms with Crippen molar-refractivity contribution in [2.24, 2.45) is 0 Å². The molecule has 0 aliphatic carbocycles. The highest BCUT2D eigenvalue weighted by molar-refractivity contribution is 5.94. The number of carbonyl (C=O) groups is 2. The molecule has 1 fully saturated rings. The molecule has 0 aromatic heterocycles. The Morgan fingerprint density at radius 2 is 2.25 bits per heavy atom. The normalized spacial score (nSPS) is 24.2. The monoisotopic (exact) mass is 170 g/mol. The fourth-order valence-electron chi connectivity index (χ4n) is 1.33. The molecule has 0 saturated carbocycles. The molecule has 1 aliphatic rings. The molecular formula is C8H14N2O2. The summed E-state index contributed by atoms with van der Waals surface area (Å²) in [4.78, 5) is 24.0. The largest absolute Gasteiger partial charge is 0.343 e. The number of hydrogen-bond acceptors (Lipinski definition) is 2. The predicted octanol–water partition coefficient (Wildman–Crippen LogP) is -0.257. The van der Waals surface area contributed by atoms with Crippen molar-refractivity contribution in [3.8, 4) is 0 Å². The second-order valence-electron chi connectivity index (χ2n) is 3.05. The first-order valence-electron chi connectivity index (χ1n) is 4.23. The maximum absolute atomic E-state index is 11.4. The molecule has 68 valence electrons. The predicted molar refractivity (Wildman–Crippen MR) is 44.5 cm³/mol. The first-order valence-corrected chi connectivity index (χ1v) is 4.23. The topological polar surface area (TPSA) is 49.4 Å². The Kier molecular flexibility index (Phi) is 2.68. The van der Waals surface area contributed by atoms with Gasteiger partial charge in [0.25, 0.3) is 0 Å². The summed E-state index contributed by atoms with van der Waals surface area (Å²) in [5.74, 6) is -0.0352. The van der Waals surface area contributed by atoms with Crippen LogP contribution in [-0.2, 0) is 9.59 Å². The molecule has 1 aliphatic heterocycles. The molecule has 4 heteroatoms. The van der Waals surface area contributed by atoms with Crippen LogP contribution in [-0.4, -0.2) is 35.8 Å². The van der Waals surface area contributed by atoms with Gasteiger partial charge in [0.1, 0.15) is 6.04 Å². The van der Waals surface area contributed by atoms with Gasteiger partial charge in [-0.05, 0) is 13.3 Å². The van der Waals surface area contributed by atoms with Crippen molar-refractivity contribution < 1.29 is 9.59 Å². The van der Waals surface area contributed by atoms with Gasteiger partial charge in [-0.15, -0.1) is 0 Å². The van der Waals surface area contributed by atoms with E-state index in [1.807, 2.05) is 6.92 Å². The highest BCUT2D eigenvalue weighted by Crippen LogP contribution is 2.02. The average Bonchev–Trinajstić information content (AvgIpc) is 2.00. The summed E-state index contributed by atoms with van der Waals surface area (Å²) in [5, 5.41) is 2.59. The quantitative estimate of drug-likeness (QED) is 0.621. The maximum atomic E-state index is 11.4. The molecule has 2 amide bonds. The van der Waals surface area contributed by atoms with E-state index in [1.54, 1.807) is 11.8 Å². The van der Waals surface area contributed by atoms with Gasteiger partial charge in [-0.1, -0.05) is 6.92 Å². The van der Waals surface area contributed by atoms with Crippen LogP contribution in [0.5, 0.6) is 0 Å². The molecule has 4 nitrogen and oxygen atoms in total. The molecule has 1 atom stereocenters. The van der Waals surface area contributed by atoms with Crippen LogP contribution in [0.4, 0.5) is 0 Å². The molecule has 1 unspecified atom stereocenters. The van der Waals surface area contributed by atoms with Gasteiger partial charge in [-0.3, -0.25) is 9.59 Å². The Bertz CT molecular complexity index is 203. The van der Waals surface area contributed by atoms with E-state index in [4.69, 9.17) is 0 Å². The third-order valence-electron chi connectivity index (χ3n) is 1.89. The minimum Gasteiger partial charge on any atom is -0.343 e. The summed E-state index contributed by atoms with van der Waals surface area (Å²) < 4.78 is 0. The van der Waals surface area contributed by atoms with E-state index in [0.717, 1.165) is 6.42 Å². The summed E-state index contributed by atoms with van der Waals surface area (Å²) >= 11 is 0. The number of piperazine rings is 1. The molecule has 1 saturated heterocycles. The van der Waals surface area contributed by atoms with E-state index in [2.05, 4.69) is 5.32 Å². The number of nitrogens with zero attached hydrogens (tertiary/aromatic N) is 1. The Morgan fingerprint density at radius 3 is 2.83 bits per heavy atom. The lowest BCUT2D eigenvalue weighted by Gasteiger charge is -2.30. The molecule has 0 aromatic rings. The smallest absolute Gasteiger partial charge is 0.245 e. The van der Waals surface area contributed by atoms with E-state index in [9.17, 15) is 9.59 Å². The molecule has 0 radical (unpaired) electrons. The first-order chi connectivity index (χ1) is 5.65. The second-order valence-corrected chi connectivity index (χ2v) is 3.05. The van der Waals surface area contributed by atoms with E-state index < -0.39 is 0 Å². The van der Waals surface area contributed by atoms with Crippen molar-refractivity contribution in [3.05, 3.63) is 0 Å².